The van der Waals surface area contributed by atoms with Crippen molar-refractivity contribution in [2.75, 3.05) is 20.7 Å². The second kappa shape index (κ2) is 15.7. The summed E-state index contributed by atoms with van der Waals surface area (Å²) in [5, 5.41) is 10.9. The summed E-state index contributed by atoms with van der Waals surface area (Å²) in [6, 6.07) is 0. The van der Waals surface area contributed by atoms with Crippen molar-refractivity contribution >= 4 is 0 Å². The van der Waals surface area contributed by atoms with Gasteiger partial charge < -0.3 is 10.4 Å². The highest BCUT2D eigenvalue weighted by molar-refractivity contribution is 4.30. The zero-order valence-electron chi connectivity index (χ0n) is 6.78. The Hall–Kier alpha value is -0.0800. The zero-order chi connectivity index (χ0) is 7.54. The van der Waals surface area contributed by atoms with Crippen LogP contribution in [0.25, 0.3) is 0 Å². The lowest BCUT2D eigenvalue weighted by molar-refractivity contribution is 0.284. The van der Waals surface area contributed by atoms with Gasteiger partial charge in [0.05, 0.1) is 0 Å². The van der Waals surface area contributed by atoms with Crippen LogP contribution in [0.3, 0.4) is 0 Å². The topological polar surface area (TPSA) is 32.3 Å². The molecule has 0 aromatic carbocycles. The molecular weight excluding hydrogens is 114 g/mol. The minimum Gasteiger partial charge on any atom is -0.396 e. The smallest absolute Gasteiger partial charge is 0.0431 e. The van der Waals surface area contributed by atoms with Crippen molar-refractivity contribution in [1.82, 2.24) is 5.32 Å². The molecule has 0 rings (SSSR count). The van der Waals surface area contributed by atoms with Gasteiger partial charge in [-0.2, -0.15) is 0 Å². The van der Waals surface area contributed by atoms with Gasteiger partial charge >= 0.3 is 0 Å². The van der Waals surface area contributed by atoms with Crippen molar-refractivity contribution in [1.29, 1.82) is 0 Å². The van der Waals surface area contributed by atoms with E-state index in [9.17, 15) is 0 Å². The minimum absolute atomic E-state index is 0.355. The van der Waals surface area contributed by atoms with Gasteiger partial charge in [0, 0.05) is 6.61 Å². The molecule has 2 heteroatoms. The number of unbranched alkanes of at least 4 members (excludes halogenated alkanes) is 2. The molecular formula is C7H19NO. The average Bonchev–Trinajstić information content (AvgIpc) is 1.86. The van der Waals surface area contributed by atoms with Crippen LogP contribution in [0.4, 0.5) is 0 Å². The average molecular weight is 133 g/mol. The van der Waals surface area contributed by atoms with E-state index in [1.54, 1.807) is 0 Å². The zero-order valence-corrected chi connectivity index (χ0v) is 6.78. The quantitative estimate of drug-likeness (QED) is 0.563. The molecule has 58 valence electrons. The third-order valence-electron chi connectivity index (χ3n) is 0.762. The van der Waals surface area contributed by atoms with Crippen LogP contribution in [0, 0.1) is 0 Å². The van der Waals surface area contributed by atoms with Crippen molar-refractivity contribution in [3.63, 3.8) is 0 Å². The van der Waals surface area contributed by atoms with Crippen molar-refractivity contribution < 1.29 is 5.11 Å². The van der Waals surface area contributed by atoms with E-state index >= 15 is 0 Å². The van der Waals surface area contributed by atoms with Gasteiger partial charge in [-0.05, 0) is 20.5 Å². The number of aliphatic hydroxyl groups is 1. The van der Waals surface area contributed by atoms with E-state index in [-0.39, 0.29) is 0 Å². The highest BCUT2D eigenvalue weighted by Gasteiger charge is 1.76. The third-order valence-corrected chi connectivity index (χ3v) is 0.762. The Morgan fingerprint density at radius 1 is 1.22 bits per heavy atom. The fourth-order valence-electron chi connectivity index (χ4n) is 0.362. The number of hydrogen-bond donors (Lipinski definition) is 2. The number of rotatable bonds is 3. The van der Waals surface area contributed by atoms with Gasteiger partial charge in [-0.1, -0.05) is 19.8 Å². The molecule has 0 amide bonds. The van der Waals surface area contributed by atoms with E-state index in [1.807, 2.05) is 14.1 Å². The number of nitrogens with one attached hydrogen (secondary N) is 1. The molecule has 0 saturated carbocycles. The molecule has 0 fully saturated rings. The normalized spacial score (nSPS) is 8.00. The lowest BCUT2D eigenvalue weighted by Crippen LogP contribution is -1.89. The molecule has 2 nitrogen and oxygen atoms in total. The number of hydrogen-bond acceptors (Lipinski definition) is 2. The van der Waals surface area contributed by atoms with Crippen molar-refractivity contribution in [2.24, 2.45) is 0 Å². The van der Waals surface area contributed by atoms with E-state index in [0.717, 1.165) is 12.8 Å². The van der Waals surface area contributed by atoms with E-state index in [4.69, 9.17) is 5.11 Å². The fraction of sp³-hybridized carbons (Fsp3) is 1.00. The van der Waals surface area contributed by atoms with Crippen LogP contribution >= 0.6 is 0 Å². The Morgan fingerprint density at radius 2 is 1.67 bits per heavy atom. The standard InChI is InChI=1S/C5H12O.C2H7N/c1-2-3-4-5-6;1-3-2/h6H,2-5H2,1H3;3H,1-2H3. The summed E-state index contributed by atoms with van der Waals surface area (Å²) >= 11 is 0. The van der Waals surface area contributed by atoms with Crippen molar-refractivity contribution in [3.05, 3.63) is 0 Å². The summed E-state index contributed by atoms with van der Waals surface area (Å²) in [6.07, 6.45) is 3.33. The van der Waals surface area contributed by atoms with Gasteiger partial charge in [0.25, 0.3) is 0 Å². The third kappa shape index (κ3) is 32.6. The number of aliphatic hydroxyl groups excluding tert-OH is 1. The van der Waals surface area contributed by atoms with Crippen LogP contribution in [0.2, 0.25) is 0 Å². The fourth-order valence-corrected chi connectivity index (χ4v) is 0.362. The lowest BCUT2D eigenvalue weighted by Gasteiger charge is -1.85. The highest BCUT2D eigenvalue weighted by Crippen LogP contribution is 1.89. The molecule has 0 bridgehead atoms. The first-order valence-corrected chi connectivity index (χ1v) is 3.52. The molecule has 2 N–H and O–H groups in total. The van der Waals surface area contributed by atoms with Crippen LogP contribution in [0.1, 0.15) is 26.2 Å². The molecule has 0 spiro atoms. The van der Waals surface area contributed by atoms with Crippen molar-refractivity contribution in [2.45, 2.75) is 26.2 Å². The molecule has 0 heterocycles. The Kier molecular flexibility index (Phi) is 20.3. The van der Waals surface area contributed by atoms with E-state index < -0.39 is 0 Å². The lowest BCUT2D eigenvalue weighted by atomic mass is 10.3. The molecule has 0 atom stereocenters. The van der Waals surface area contributed by atoms with E-state index in [2.05, 4.69) is 12.2 Å². The van der Waals surface area contributed by atoms with Crippen LogP contribution < -0.4 is 5.32 Å². The van der Waals surface area contributed by atoms with E-state index in [1.165, 1.54) is 6.42 Å². The molecule has 9 heavy (non-hydrogen) atoms. The summed E-state index contributed by atoms with van der Waals surface area (Å²) in [7, 11) is 3.75. The second-order valence-electron chi connectivity index (χ2n) is 1.93. The van der Waals surface area contributed by atoms with Crippen LogP contribution in [0.15, 0.2) is 0 Å². The molecule has 0 aliphatic heterocycles. The largest absolute Gasteiger partial charge is 0.396 e. The molecule has 0 radical (unpaired) electrons. The first-order chi connectivity index (χ1) is 4.33. The van der Waals surface area contributed by atoms with Crippen molar-refractivity contribution in [3.8, 4) is 0 Å². The van der Waals surface area contributed by atoms with Gasteiger partial charge in [-0.25, -0.2) is 0 Å². The van der Waals surface area contributed by atoms with Crippen LogP contribution in [-0.2, 0) is 0 Å². The van der Waals surface area contributed by atoms with Crippen LogP contribution in [0.5, 0.6) is 0 Å². The van der Waals surface area contributed by atoms with Gasteiger partial charge in [-0.3, -0.25) is 0 Å². The SMILES string of the molecule is CCCCCO.CNC. The summed E-state index contributed by atoms with van der Waals surface area (Å²) in [5.41, 5.74) is 0. The Morgan fingerprint density at radius 3 is 1.78 bits per heavy atom. The molecule has 0 aliphatic rings. The monoisotopic (exact) mass is 133 g/mol. The maximum Gasteiger partial charge on any atom is 0.0431 e. The molecule has 0 aromatic rings. The predicted molar refractivity (Wildman–Crippen MR) is 41.6 cm³/mol. The molecule has 0 unspecified atom stereocenters. The summed E-state index contributed by atoms with van der Waals surface area (Å²) in [5.74, 6) is 0. The van der Waals surface area contributed by atoms with Gasteiger partial charge in [0.1, 0.15) is 0 Å². The van der Waals surface area contributed by atoms with Gasteiger partial charge in [-0.15, -0.1) is 0 Å². The molecule has 0 saturated heterocycles. The predicted octanol–water partition coefficient (Wildman–Crippen LogP) is 1.00. The maximum atomic E-state index is 8.20. The Balaban J connectivity index is 0. The highest BCUT2D eigenvalue weighted by atomic mass is 16.2. The van der Waals surface area contributed by atoms with Gasteiger partial charge in [0.15, 0.2) is 0 Å². The molecule has 0 aliphatic carbocycles. The summed E-state index contributed by atoms with van der Waals surface area (Å²) in [4.78, 5) is 0. The summed E-state index contributed by atoms with van der Waals surface area (Å²) < 4.78 is 0. The van der Waals surface area contributed by atoms with E-state index in [0.29, 0.717) is 6.61 Å². The molecule has 0 aromatic heterocycles. The summed E-state index contributed by atoms with van der Waals surface area (Å²) in [6.45, 7) is 2.48. The Labute approximate surface area is 58.3 Å². The first-order valence-electron chi connectivity index (χ1n) is 3.52. The van der Waals surface area contributed by atoms with Gasteiger partial charge in [0.2, 0.25) is 0 Å². The van der Waals surface area contributed by atoms with Crippen LogP contribution in [-0.4, -0.2) is 25.8 Å². The minimum atomic E-state index is 0.355. The second-order valence-corrected chi connectivity index (χ2v) is 1.93. The first kappa shape index (κ1) is 11.7. The maximum absolute atomic E-state index is 8.20. The Bertz CT molecular complexity index is 28.1.